The third-order valence-corrected chi connectivity index (χ3v) is 6.42. The highest BCUT2D eigenvalue weighted by molar-refractivity contribution is 5.98. The summed E-state index contributed by atoms with van der Waals surface area (Å²) in [6.07, 6.45) is 4.07. The van der Waals surface area contributed by atoms with Crippen molar-refractivity contribution in [2.75, 3.05) is 18.4 Å². The van der Waals surface area contributed by atoms with Gasteiger partial charge >= 0.3 is 0 Å². The number of carbonyl (C=O) groups excluding carboxylic acids is 3. The molecule has 6 nitrogen and oxygen atoms in total. The van der Waals surface area contributed by atoms with E-state index in [4.69, 9.17) is 0 Å². The number of anilines is 1. The van der Waals surface area contributed by atoms with Crippen molar-refractivity contribution in [3.05, 3.63) is 64.7 Å². The SMILES string of the molecule is CCC(=O)Nc1ccc2c(c1)CN(C(=O)c1cccc(C)c1)[C@@H](C(=O)N1CCCCC1)C2. The highest BCUT2D eigenvalue weighted by Gasteiger charge is 2.37. The van der Waals surface area contributed by atoms with Gasteiger partial charge in [0.05, 0.1) is 0 Å². The average Bonchev–Trinajstić information content (AvgIpc) is 2.82. The first kappa shape index (κ1) is 22.1. The molecule has 0 unspecified atom stereocenters. The van der Waals surface area contributed by atoms with E-state index in [0.717, 1.165) is 54.7 Å². The maximum absolute atomic E-state index is 13.6. The van der Waals surface area contributed by atoms with E-state index < -0.39 is 6.04 Å². The summed E-state index contributed by atoms with van der Waals surface area (Å²) in [6.45, 7) is 5.64. The molecule has 2 aromatic rings. The number of carbonyl (C=O) groups is 3. The molecule has 2 heterocycles. The Hall–Kier alpha value is -3.15. The molecule has 168 valence electrons. The molecule has 2 aliphatic rings. The maximum Gasteiger partial charge on any atom is 0.254 e. The minimum absolute atomic E-state index is 0.0414. The summed E-state index contributed by atoms with van der Waals surface area (Å²) in [5.41, 5.74) is 4.36. The molecular weight excluding hydrogens is 402 g/mol. The number of hydrogen-bond donors (Lipinski definition) is 1. The first-order valence-corrected chi connectivity index (χ1v) is 11.5. The zero-order valence-electron chi connectivity index (χ0n) is 18.9. The predicted molar refractivity (Wildman–Crippen MR) is 124 cm³/mol. The molecule has 2 aliphatic heterocycles. The summed E-state index contributed by atoms with van der Waals surface area (Å²) in [5.74, 6) is -0.135. The van der Waals surface area contributed by atoms with Crippen LogP contribution in [0.15, 0.2) is 42.5 Å². The summed E-state index contributed by atoms with van der Waals surface area (Å²) in [4.78, 5) is 42.5. The van der Waals surface area contributed by atoms with Crippen LogP contribution in [-0.4, -0.2) is 46.7 Å². The van der Waals surface area contributed by atoms with Crippen LogP contribution in [0.5, 0.6) is 0 Å². The summed E-state index contributed by atoms with van der Waals surface area (Å²) >= 11 is 0. The van der Waals surface area contributed by atoms with E-state index in [2.05, 4.69) is 5.32 Å². The molecule has 1 saturated heterocycles. The van der Waals surface area contributed by atoms with Crippen molar-refractivity contribution in [1.82, 2.24) is 9.80 Å². The van der Waals surface area contributed by atoms with Gasteiger partial charge in [0.15, 0.2) is 0 Å². The van der Waals surface area contributed by atoms with Gasteiger partial charge in [-0.1, -0.05) is 30.7 Å². The number of piperidine rings is 1. The van der Waals surface area contributed by atoms with Crippen molar-refractivity contribution in [3.8, 4) is 0 Å². The second kappa shape index (κ2) is 9.55. The third-order valence-electron chi connectivity index (χ3n) is 6.42. The monoisotopic (exact) mass is 433 g/mol. The van der Waals surface area contributed by atoms with Gasteiger partial charge in [0.25, 0.3) is 5.91 Å². The maximum atomic E-state index is 13.6. The molecule has 0 aromatic heterocycles. The number of rotatable bonds is 4. The summed E-state index contributed by atoms with van der Waals surface area (Å²) < 4.78 is 0. The van der Waals surface area contributed by atoms with Crippen molar-refractivity contribution >= 4 is 23.4 Å². The molecule has 6 heteroatoms. The Labute approximate surface area is 189 Å². The van der Waals surface area contributed by atoms with Crippen molar-refractivity contribution in [3.63, 3.8) is 0 Å². The first-order chi connectivity index (χ1) is 15.5. The Balaban J connectivity index is 1.66. The van der Waals surface area contributed by atoms with Crippen LogP contribution >= 0.6 is 0 Å². The van der Waals surface area contributed by atoms with Gasteiger partial charge in [-0.2, -0.15) is 0 Å². The van der Waals surface area contributed by atoms with Gasteiger partial charge in [0.2, 0.25) is 11.8 Å². The van der Waals surface area contributed by atoms with Crippen molar-refractivity contribution in [1.29, 1.82) is 0 Å². The predicted octanol–water partition coefficient (Wildman–Crippen LogP) is 3.92. The Bertz CT molecular complexity index is 1030. The highest BCUT2D eigenvalue weighted by atomic mass is 16.2. The number of amides is 3. The van der Waals surface area contributed by atoms with Crippen molar-refractivity contribution < 1.29 is 14.4 Å². The van der Waals surface area contributed by atoms with E-state index in [-0.39, 0.29) is 17.7 Å². The van der Waals surface area contributed by atoms with E-state index in [1.807, 2.05) is 61.2 Å². The normalized spacial score (nSPS) is 18.1. The van der Waals surface area contributed by atoms with E-state index in [0.29, 0.717) is 24.9 Å². The molecule has 1 N–H and O–H groups in total. The van der Waals surface area contributed by atoms with Gasteiger partial charge in [0, 0.05) is 43.7 Å². The Morgan fingerprint density at radius 2 is 1.78 bits per heavy atom. The molecule has 32 heavy (non-hydrogen) atoms. The molecule has 1 atom stereocenters. The minimum atomic E-state index is -0.510. The van der Waals surface area contributed by atoms with Gasteiger partial charge < -0.3 is 15.1 Å². The van der Waals surface area contributed by atoms with Crippen LogP contribution in [-0.2, 0) is 22.6 Å². The molecule has 0 radical (unpaired) electrons. The zero-order valence-corrected chi connectivity index (χ0v) is 18.9. The van der Waals surface area contributed by atoms with Gasteiger partial charge in [0.1, 0.15) is 6.04 Å². The van der Waals surface area contributed by atoms with Crippen LogP contribution in [0.2, 0.25) is 0 Å². The average molecular weight is 434 g/mol. The lowest BCUT2D eigenvalue weighted by atomic mass is 9.91. The van der Waals surface area contributed by atoms with E-state index in [1.165, 1.54) is 0 Å². The summed E-state index contributed by atoms with van der Waals surface area (Å²) in [6, 6.07) is 12.8. The van der Waals surface area contributed by atoms with Crippen molar-refractivity contribution in [2.45, 2.75) is 58.5 Å². The first-order valence-electron chi connectivity index (χ1n) is 11.5. The molecule has 0 aliphatic carbocycles. The molecule has 4 rings (SSSR count). The van der Waals surface area contributed by atoms with E-state index in [1.54, 1.807) is 4.90 Å². The molecule has 2 aromatic carbocycles. The Morgan fingerprint density at radius 1 is 1.00 bits per heavy atom. The number of aryl methyl sites for hydroxylation is 1. The Kier molecular flexibility index (Phi) is 6.58. The highest BCUT2D eigenvalue weighted by Crippen LogP contribution is 2.29. The number of fused-ring (bicyclic) bond motifs is 1. The quantitative estimate of drug-likeness (QED) is 0.795. The number of hydrogen-bond acceptors (Lipinski definition) is 3. The molecule has 3 amide bonds. The largest absolute Gasteiger partial charge is 0.341 e. The van der Waals surface area contributed by atoms with Crippen LogP contribution in [0.25, 0.3) is 0 Å². The smallest absolute Gasteiger partial charge is 0.254 e. The topological polar surface area (TPSA) is 69.7 Å². The van der Waals surface area contributed by atoms with E-state index in [9.17, 15) is 14.4 Å². The zero-order chi connectivity index (χ0) is 22.7. The van der Waals surface area contributed by atoms with Crippen LogP contribution in [0.1, 0.15) is 59.7 Å². The van der Waals surface area contributed by atoms with Gasteiger partial charge in [-0.05, 0) is 61.6 Å². The van der Waals surface area contributed by atoms with E-state index >= 15 is 0 Å². The fourth-order valence-electron chi connectivity index (χ4n) is 4.61. The van der Waals surface area contributed by atoms with Gasteiger partial charge in [-0.3, -0.25) is 14.4 Å². The van der Waals surface area contributed by atoms with Crippen molar-refractivity contribution in [2.24, 2.45) is 0 Å². The summed E-state index contributed by atoms with van der Waals surface area (Å²) in [7, 11) is 0. The second-order valence-corrected chi connectivity index (χ2v) is 8.79. The lowest BCUT2D eigenvalue weighted by Gasteiger charge is -2.39. The molecular formula is C26H31N3O3. The van der Waals surface area contributed by atoms with Gasteiger partial charge in [-0.15, -0.1) is 0 Å². The second-order valence-electron chi connectivity index (χ2n) is 8.79. The fraction of sp³-hybridized carbons (Fsp3) is 0.423. The lowest BCUT2D eigenvalue weighted by molar-refractivity contribution is -0.137. The number of benzene rings is 2. The molecule has 1 fully saturated rings. The molecule has 0 saturated carbocycles. The number of nitrogens with one attached hydrogen (secondary N) is 1. The number of likely N-dealkylation sites (tertiary alicyclic amines) is 1. The summed E-state index contributed by atoms with van der Waals surface area (Å²) in [5, 5.41) is 2.89. The minimum Gasteiger partial charge on any atom is -0.341 e. The number of nitrogens with zero attached hydrogens (tertiary/aromatic N) is 2. The third kappa shape index (κ3) is 4.69. The van der Waals surface area contributed by atoms with Crippen LogP contribution < -0.4 is 5.32 Å². The molecule has 0 spiro atoms. The lowest BCUT2D eigenvalue weighted by Crippen LogP contribution is -2.54. The van der Waals surface area contributed by atoms with Gasteiger partial charge in [-0.25, -0.2) is 0 Å². The van der Waals surface area contributed by atoms with Crippen LogP contribution in [0, 0.1) is 6.92 Å². The standard InChI is InChI=1S/C26H31N3O3/c1-3-24(30)27-22-11-10-19-16-23(26(32)28-12-5-4-6-13-28)29(17-21(19)15-22)25(31)20-9-7-8-18(2)14-20/h7-11,14-15,23H,3-6,12-13,16-17H2,1-2H3,(H,27,30)/t23-/m1/s1. The Morgan fingerprint density at radius 3 is 2.50 bits per heavy atom. The van der Waals surface area contributed by atoms with Crippen LogP contribution in [0.3, 0.4) is 0 Å². The van der Waals surface area contributed by atoms with Crippen LogP contribution in [0.4, 0.5) is 5.69 Å². The fourth-order valence-corrected chi connectivity index (χ4v) is 4.61. The molecule has 0 bridgehead atoms.